The smallest absolute Gasteiger partial charge is 0.0700 e. The van der Waals surface area contributed by atoms with Gasteiger partial charge in [-0.1, -0.05) is 6.92 Å². The fraction of sp³-hybridized carbons (Fsp3) is 1.00. The van der Waals surface area contributed by atoms with Crippen LogP contribution in [-0.2, 0) is 9.47 Å². The van der Waals surface area contributed by atoms with Crippen LogP contribution in [0.5, 0.6) is 0 Å². The maximum absolute atomic E-state index is 5.50. The molecule has 4 nitrogen and oxygen atoms in total. The number of rotatable bonds is 9. The minimum absolute atomic E-state index is 0.695. The highest BCUT2D eigenvalue weighted by molar-refractivity contribution is 4.80. The summed E-state index contributed by atoms with van der Waals surface area (Å²) in [5, 5.41) is 3.43. The molecule has 1 fully saturated rings. The van der Waals surface area contributed by atoms with Crippen LogP contribution in [0.15, 0.2) is 0 Å². The van der Waals surface area contributed by atoms with Gasteiger partial charge < -0.3 is 14.8 Å². The Morgan fingerprint density at radius 1 is 1.31 bits per heavy atom. The molecule has 1 aliphatic heterocycles. The minimum Gasteiger partial charge on any atom is -0.382 e. The molecule has 96 valence electrons. The van der Waals surface area contributed by atoms with E-state index in [-0.39, 0.29) is 0 Å². The first kappa shape index (κ1) is 13.9. The molecule has 0 spiro atoms. The molecule has 0 aromatic rings. The van der Waals surface area contributed by atoms with Gasteiger partial charge in [-0.15, -0.1) is 0 Å². The second-order valence-corrected chi connectivity index (χ2v) is 4.24. The van der Waals surface area contributed by atoms with Crippen molar-refractivity contribution in [3.8, 4) is 0 Å². The summed E-state index contributed by atoms with van der Waals surface area (Å²) in [4.78, 5) is 2.54. The molecule has 16 heavy (non-hydrogen) atoms. The van der Waals surface area contributed by atoms with Crippen molar-refractivity contribution in [2.24, 2.45) is 0 Å². The van der Waals surface area contributed by atoms with Crippen LogP contribution in [0.4, 0.5) is 0 Å². The van der Waals surface area contributed by atoms with Crippen LogP contribution in [0.25, 0.3) is 0 Å². The monoisotopic (exact) mass is 230 g/mol. The molecule has 1 atom stereocenters. The fourth-order valence-electron chi connectivity index (χ4n) is 2.16. The number of methoxy groups -OCH3 is 1. The van der Waals surface area contributed by atoms with Crippen LogP contribution in [0.3, 0.4) is 0 Å². The maximum atomic E-state index is 5.50. The lowest BCUT2D eigenvalue weighted by molar-refractivity contribution is 0.0552. The van der Waals surface area contributed by atoms with Gasteiger partial charge in [-0.25, -0.2) is 0 Å². The quantitative estimate of drug-likeness (QED) is 0.592. The maximum Gasteiger partial charge on any atom is 0.0700 e. The fourth-order valence-corrected chi connectivity index (χ4v) is 2.16. The molecule has 1 saturated heterocycles. The van der Waals surface area contributed by atoms with E-state index in [0.29, 0.717) is 19.3 Å². The van der Waals surface area contributed by atoms with E-state index in [1.807, 2.05) is 0 Å². The summed E-state index contributed by atoms with van der Waals surface area (Å²) >= 11 is 0. The van der Waals surface area contributed by atoms with Crippen molar-refractivity contribution in [3.05, 3.63) is 0 Å². The molecular formula is C12H26N2O2. The first-order valence-corrected chi connectivity index (χ1v) is 6.40. The number of nitrogens with one attached hydrogen (secondary N) is 1. The Hall–Kier alpha value is -0.160. The highest BCUT2D eigenvalue weighted by Crippen LogP contribution is 2.15. The Morgan fingerprint density at radius 2 is 2.19 bits per heavy atom. The first-order valence-electron chi connectivity index (χ1n) is 6.40. The average Bonchev–Trinajstić information content (AvgIpc) is 2.74. The lowest BCUT2D eigenvalue weighted by Gasteiger charge is -2.24. The minimum atomic E-state index is 0.695. The summed E-state index contributed by atoms with van der Waals surface area (Å²) in [6, 6.07) is 0.714. The zero-order valence-electron chi connectivity index (χ0n) is 10.7. The van der Waals surface area contributed by atoms with E-state index < -0.39 is 0 Å². The van der Waals surface area contributed by atoms with Crippen LogP contribution in [0, 0.1) is 0 Å². The zero-order valence-corrected chi connectivity index (χ0v) is 10.7. The van der Waals surface area contributed by atoms with Gasteiger partial charge in [0.05, 0.1) is 19.8 Å². The van der Waals surface area contributed by atoms with Gasteiger partial charge in [0.25, 0.3) is 0 Å². The molecule has 0 aromatic heterocycles. The van der Waals surface area contributed by atoms with Crippen molar-refractivity contribution >= 4 is 0 Å². The number of likely N-dealkylation sites (tertiary alicyclic amines) is 1. The summed E-state index contributed by atoms with van der Waals surface area (Å²) in [6.45, 7) is 8.86. The third-order valence-electron chi connectivity index (χ3n) is 3.08. The number of ether oxygens (including phenoxy) is 2. The molecule has 1 N–H and O–H groups in total. The number of hydrogen-bond acceptors (Lipinski definition) is 4. The molecule has 1 aliphatic rings. The standard InChI is InChI=1S/C12H26N2O2/c1-3-13-11-12-5-4-6-14(12)7-8-16-10-9-15-2/h12-13H,3-11H2,1-2H3. The van der Waals surface area contributed by atoms with Crippen LogP contribution in [-0.4, -0.2) is 64.1 Å². The highest BCUT2D eigenvalue weighted by atomic mass is 16.5. The molecule has 0 radical (unpaired) electrons. The van der Waals surface area contributed by atoms with E-state index in [2.05, 4.69) is 17.1 Å². The molecule has 0 saturated carbocycles. The third kappa shape index (κ3) is 5.25. The van der Waals surface area contributed by atoms with Gasteiger partial charge in [0.15, 0.2) is 0 Å². The van der Waals surface area contributed by atoms with E-state index in [1.165, 1.54) is 19.4 Å². The lowest BCUT2D eigenvalue weighted by Crippen LogP contribution is -2.39. The average molecular weight is 230 g/mol. The van der Waals surface area contributed by atoms with Crippen molar-refractivity contribution in [3.63, 3.8) is 0 Å². The van der Waals surface area contributed by atoms with Gasteiger partial charge in [-0.05, 0) is 25.9 Å². The van der Waals surface area contributed by atoms with Crippen LogP contribution in [0.1, 0.15) is 19.8 Å². The van der Waals surface area contributed by atoms with E-state index in [4.69, 9.17) is 9.47 Å². The van der Waals surface area contributed by atoms with Crippen LogP contribution >= 0.6 is 0 Å². The lowest BCUT2D eigenvalue weighted by atomic mass is 10.2. The normalized spacial score (nSPS) is 21.8. The molecule has 1 rings (SSSR count). The molecule has 0 aromatic carbocycles. The van der Waals surface area contributed by atoms with Gasteiger partial charge >= 0.3 is 0 Å². The van der Waals surface area contributed by atoms with Gasteiger partial charge in [-0.2, -0.15) is 0 Å². The number of hydrogen-bond donors (Lipinski definition) is 1. The molecule has 0 aliphatic carbocycles. The van der Waals surface area contributed by atoms with E-state index >= 15 is 0 Å². The van der Waals surface area contributed by atoms with Crippen molar-refractivity contribution in [1.29, 1.82) is 0 Å². The highest BCUT2D eigenvalue weighted by Gasteiger charge is 2.23. The Kier molecular flexibility index (Phi) is 7.76. The van der Waals surface area contributed by atoms with Crippen LogP contribution < -0.4 is 5.32 Å². The zero-order chi connectivity index (χ0) is 11.6. The molecule has 1 heterocycles. The molecular weight excluding hydrogens is 204 g/mol. The Balaban J connectivity index is 2.05. The topological polar surface area (TPSA) is 33.7 Å². The number of likely N-dealkylation sites (N-methyl/N-ethyl adjacent to an activating group) is 1. The Labute approximate surface area is 99.3 Å². The predicted octanol–water partition coefficient (Wildman–Crippen LogP) is 0.723. The van der Waals surface area contributed by atoms with E-state index in [9.17, 15) is 0 Å². The second-order valence-electron chi connectivity index (χ2n) is 4.24. The molecule has 0 bridgehead atoms. The van der Waals surface area contributed by atoms with Crippen molar-refractivity contribution in [2.45, 2.75) is 25.8 Å². The number of nitrogens with zero attached hydrogens (tertiary/aromatic N) is 1. The summed E-state index contributed by atoms with van der Waals surface area (Å²) in [5.41, 5.74) is 0. The van der Waals surface area contributed by atoms with Crippen molar-refractivity contribution in [1.82, 2.24) is 10.2 Å². The predicted molar refractivity (Wildman–Crippen MR) is 65.8 cm³/mol. The van der Waals surface area contributed by atoms with E-state index in [0.717, 1.165) is 26.2 Å². The van der Waals surface area contributed by atoms with Crippen molar-refractivity contribution < 1.29 is 9.47 Å². The Morgan fingerprint density at radius 3 is 2.94 bits per heavy atom. The summed E-state index contributed by atoms with van der Waals surface area (Å²) < 4.78 is 10.4. The van der Waals surface area contributed by atoms with Gasteiger partial charge in [0, 0.05) is 26.2 Å². The molecule has 1 unspecified atom stereocenters. The SMILES string of the molecule is CCNCC1CCCN1CCOCCOC. The summed E-state index contributed by atoms with van der Waals surface area (Å²) in [7, 11) is 1.70. The largest absolute Gasteiger partial charge is 0.382 e. The van der Waals surface area contributed by atoms with Crippen LogP contribution in [0.2, 0.25) is 0 Å². The van der Waals surface area contributed by atoms with E-state index in [1.54, 1.807) is 7.11 Å². The van der Waals surface area contributed by atoms with Gasteiger partial charge in [0.2, 0.25) is 0 Å². The third-order valence-corrected chi connectivity index (χ3v) is 3.08. The molecule has 4 heteroatoms. The van der Waals surface area contributed by atoms with Gasteiger partial charge in [0.1, 0.15) is 0 Å². The second kappa shape index (κ2) is 8.93. The summed E-state index contributed by atoms with van der Waals surface area (Å²) in [6.07, 6.45) is 2.65. The molecule has 0 amide bonds. The first-order chi connectivity index (χ1) is 7.88. The van der Waals surface area contributed by atoms with Crippen molar-refractivity contribution in [2.75, 3.05) is 53.1 Å². The summed E-state index contributed by atoms with van der Waals surface area (Å²) in [5.74, 6) is 0. The Bertz CT molecular complexity index is 167. The van der Waals surface area contributed by atoms with Gasteiger partial charge in [-0.3, -0.25) is 4.90 Å².